The van der Waals surface area contributed by atoms with E-state index in [1.165, 1.54) is 23.8 Å². The molecule has 2 heteroatoms. The smallest absolute Gasteiger partial charge is 0.0209 e. The van der Waals surface area contributed by atoms with Gasteiger partial charge in [0.05, 0.1) is 0 Å². The third-order valence-electron chi connectivity index (χ3n) is 2.29. The first-order valence-electron chi connectivity index (χ1n) is 4.69. The summed E-state index contributed by atoms with van der Waals surface area (Å²) in [5.74, 6) is 0. The summed E-state index contributed by atoms with van der Waals surface area (Å²) in [7, 11) is 0. The minimum Gasteiger partial charge on any atom is -0.0587 e. The second-order valence-corrected chi connectivity index (χ2v) is 5.90. The normalized spacial score (nSPS) is 10.3. The van der Waals surface area contributed by atoms with Crippen LogP contribution in [-0.2, 0) is 0 Å². The van der Waals surface area contributed by atoms with Crippen molar-refractivity contribution in [3.05, 3.63) is 55.2 Å². The Labute approximate surface area is 117 Å². The molecule has 15 heavy (non-hydrogen) atoms. The van der Waals surface area contributed by atoms with Gasteiger partial charge in [0.2, 0.25) is 0 Å². The maximum Gasteiger partial charge on any atom is 0.0209 e. The minimum absolute atomic E-state index is 1.28. The summed E-state index contributed by atoms with van der Waals surface area (Å²) < 4.78 is 2.58. The molecule has 0 saturated carbocycles. The number of hydrogen-bond acceptors (Lipinski definition) is 0. The summed E-state index contributed by atoms with van der Waals surface area (Å²) in [6, 6.07) is 15.2. The SMILES string of the molecule is Cc1ccc(-c2cc(I)ccc2I)cc1. The van der Waals surface area contributed by atoms with Gasteiger partial charge in [0.25, 0.3) is 0 Å². The van der Waals surface area contributed by atoms with E-state index in [1.54, 1.807) is 0 Å². The van der Waals surface area contributed by atoms with E-state index in [-0.39, 0.29) is 0 Å². The fourth-order valence-electron chi connectivity index (χ4n) is 1.45. The molecule has 0 aliphatic heterocycles. The Balaban J connectivity index is 2.53. The first kappa shape index (κ1) is 11.4. The van der Waals surface area contributed by atoms with E-state index in [1.807, 2.05) is 0 Å². The van der Waals surface area contributed by atoms with Gasteiger partial charge < -0.3 is 0 Å². The molecule has 0 unspecified atom stereocenters. The lowest BCUT2D eigenvalue weighted by Crippen LogP contribution is -1.84. The van der Waals surface area contributed by atoms with Crippen molar-refractivity contribution < 1.29 is 0 Å². The molecule has 0 radical (unpaired) electrons. The fraction of sp³-hybridized carbons (Fsp3) is 0.0769. The van der Waals surface area contributed by atoms with Crippen LogP contribution in [0.4, 0.5) is 0 Å². The monoisotopic (exact) mass is 420 g/mol. The summed E-state index contributed by atoms with van der Waals surface area (Å²) in [4.78, 5) is 0. The first-order valence-corrected chi connectivity index (χ1v) is 6.84. The molecule has 76 valence electrons. The summed E-state index contributed by atoms with van der Waals surface area (Å²) in [6.45, 7) is 2.11. The van der Waals surface area contributed by atoms with Crippen molar-refractivity contribution in [3.8, 4) is 11.1 Å². The van der Waals surface area contributed by atoms with Crippen LogP contribution in [-0.4, -0.2) is 0 Å². The molecule has 0 bridgehead atoms. The van der Waals surface area contributed by atoms with Crippen molar-refractivity contribution in [2.45, 2.75) is 6.92 Å². The lowest BCUT2D eigenvalue weighted by atomic mass is 10.0. The molecular weight excluding hydrogens is 410 g/mol. The first-order chi connectivity index (χ1) is 7.16. The third kappa shape index (κ3) is 2.72. The molecule has 0 aromatic heterocycles. The Bertz CT molecular complexity index is 472. The summed E-state index contributed by atoms with van der Waals surface area (Å²) >= 11 is 4.74. The zero-order chi connectivity index (χ0) is 10.8. The van der Waals surface area contributed by atoms with Crippen LogP contribution in [0.25, 0.3) is 11.1 Å². The van der Waals surface area contributed by atoms with Gasteiger partial charge in [-0.05, 0) is 81.4 Å². The molecule has 0 amide bonds. The molecule has 2 aromatic carbocycles. The molecule has 0 N–H and O–H groups in total. The van der Waals surface area contributed by atoms with Crippen molar-refractivity contribution in [3.63, 3.8) is 0 Å². The molecule has 0 saturated heterocycles. The summed E-state index contributed by atoms with van der Waals surface area (Å²) in [6.07, 6.45) is 0. The van der Waals surface area contributed by atoms with Crippen molar-refractivity contribution in [1.29, 1.82) is 0 Å². The Morgan fingerprint density at radius 3 is 2.20 bits per heavy atom. The van der Waals surface area contributed by atoms with Gasteiger partial charge in [0, 0.05) is 7.14 Å². The fourth-order valence-corrected chi connectivity index (χ4v) is 2.59. The molecule has 0 spiro atoms. The van der Waals surface area contributed by atoms with Crippen molar-refractivity contribution in [2.24, 2.45) is 0 Å². The second-order valence-electron chi connectivity index (χ2n) is 3.49. The Morgan fingerprint density at radius 1 is 0.867 bits per heavy atom. The number of benzene rings is 2. The molecule has 2 rings (SSSR count). The average molecular weight is 420 g/mol. The predicted molar refractivity (Wildman–Crippen MR) is 82.0 cm³/mol. The number of hydrogen-bond donors (Lipinski definition) is 0. The van der Waals surface area contributed by atoms with Gasteiger partial charge in [0.15, 0.2) is 0 Å². The minimum atomic E-state index is 1.28. The molecule has 2 aromatic rings. The highest BCUT2D eigenvalue weighted by Crippen LogP contribution is 2.27. The highest BCUT2D eigenvalue weighted by atomic mass is 127. The molecule has 0 aliphatic rings. The topological polar surface area (TPSA) is 0 Å². The van der Waals surface area contributed by atoms with Gasteiger partial charge in [-0.25, -0.2) is 0 Å². The maximum atomic E-state index is 2.39. The summed E-state index contributed by atoms with van der Waals surface area (Å²) in [5, 5.41) is 0. The highest BCUT2D eigenvalue weighted by Gasteiger charge is 2.02. The highest BCUT2D eigenvalue weighted by molar-refractivity contribution is 14.1. The van der Waals surface area contributed by atoms with E-state index in [0.29, 0.717) is 0 Å². The van der Waals surface area contributed by atoms with E-state index in [0.717, 1.165) is 0 Å². The van der Waals surface area contributed by atoms with Crippen LogP contribution in [0, 0.1) is 14.1 Å². The van der Waals surface area contributed by atoms with E-state index >= 15 is 0 Å². The lowest BCUT2D eigenvalue weighted by molar-refractivity contribution is 1.46. The zero-order valence-electron chi connectivity index (χ0n) is 8.30. The van der Waals surface area contributed by atoms with Gasteiger partial charge in [-0.3, -0.25) is 0 Å². The van der Waals surface area contributed by atoms with Crippen LogP contribution in [0.5, 0.6) is 0 Å². The van der Waals surface area contributed by atoms with Crippen LogP contribution >= 0.6 is 45.2 Å². The van der Waals surface area contributed by atoms with Crippen LogP contribution in [0.3, 0.4) is 0 Å². The quantitative estimate of drug-likeness (QED) is 0.578. The molecule has 0 aliphatic carbocycles. The Morgan fingerprint density at radius 2 is 1.53 bits per heavy atom. The number of halogens is 2. The van der Waals surface area contributed by atoms with Crippen LogP contribution < -0.4 is 0 Å². The zero-order valence-corrected chi connectivity index (χ0v) is 12.6. The average Bonchev–Trinajstić information content (AvgIpc) is 2.23. The molecule has 0 atom stereocenters. The molecular formula is C13H10I2. The summed E-state index contributed by atoms with van der Waals surface area (Å²) in [5.41, 5.74) is 3.92. The predicted octanol–water partition coefficient (Wildman–Crippen LogP) is 4.87. The Kier molecular flexibility index (Phi) is 3.66. The lowest BCUT2D eigenvalue weighted by Gasteiger charge is -2.05. The van der Waals surface area contributed by atoms with Gasteiger partial charge >= 0.3 is 0 Å². The van der Waals surface area contributed by atoms with E-state index in [4.69, 9.17) is 0 Å². The van der Waals surface area contributed by atoms with E-state index in [2.05, 4.69) is 94.6 Å². The second kappa shape index (κ2) is 4.82. The van der Waals surface area contributed by atoms with Gasteiger partial charge in [0.1, 0.15) is 0 Å². The Hall–Kier alpha value is -0.100. The van der Waals surface area contributed by atoms with Gasteiger partial charge in [-0.1, -0.05) is 29.8 Å². The van der Waals surface area contributed by atoms with Crippen molar-refractivity contribution in [2.75, 3.05) is 0 Å². The van der Waals surface area contributed by atoms with E-state index < -0.39 is 0 Å². The van der Waals surface area contributed by atoms with Crippen LogP contribution in [0.15, 0.2) is 42.5 Å². The standard InChI is InChI=1S/C13H10I2/c1-9-2-4-10(5-3-9)12-8-11(14)6-7-13(12)15/h2-8H,1H3. The van der Waals surface area contributed by atoms with Gasteiger partial charge in [-0.15, -0.1) is 0 Å². The third-order valence-corrected chi connectivity index (χ3v) is 3.90. The largest absolute Gasteiger partial charge is 0.0587 e. The number of rotatable bonds is 1. The van der Waals surface area contributed by atoms with Crippen molar-refractivity contribution in [1.82, 2.24) is 0 Å². The van der Waals surface area contributed by atoms with Gasteiger partial charge in [-0.2, -0.15) is 0 Å². The van der Waals surface area contributed by atoms with Crippen LogP contribution in [0.2, 0.25) is 0 Å². The molecule has 0 nitrogen and oxygen atoms in total. The number of aryl methyl sites for hydroxylation is 1. The maximum absolute atomic E-state index is 2.39. The van der Waals surface area contributed by atoms with E-state index in [9.17, 15) is 0 Å². The van der Waals surface area contributed by atoms with Crippen LogP contribution in [0.1, 0.15) is 5.56 Å². The molecule has 0 heterocycles. The molecule has 0 fully saturated rings. The van der Waals surface area contributed by atoms with Crippen molar-refractivity contribution >= 4 is 45.2 Å².